The molecule has 0 unspecified atom stereocenters. The zero-order valence-corrected chi connectivity index (χ0v) is 13.1. The predicted octanol–water partition coefficient (Wildman–Crippen LogP) is 2.64. The summed E-state index contributed by atoms with van der Waals surface area (Å²) < 4.78 is 18.3. The van der Waals surface area contributed by atoms with Gasteiger partial charge in [-0.2, -0.15) is 0 Å². The minimum atomic E-state index is -0.323. The van der Waals surface area contributed by atoms with Crippen LogP contribution in [-0.2, 0) is 4.79 Å². The number of piperidine rings is 1. The molecule has 0 bridgehead atoms. The molecular formula is C17H20FN3O2. The van der Waals surface area contributed by atoms with Crippen molar-refractivity contribution in [2.24, 2.45) is 0 Å². The average molecular weight is 317 g/mol. The van der Waals surface area contributed by atoms with E-state index in [-0.39, 0.29) is 24.2 Å². The van der Waals surface area contributed by atoms with E-state index in [1.54, 1.807) is 0 Å². The van der Waals surface area contributed by atoms with Crippen LogP contribution in [0, 0.1) is 12.7 Å². The number of aromatic nitrogens is 2. The number of likely N-dealkylation sites (tertiary alicyclic amines) is 1. The quantitative estimate of drug-likeness (QED) is 0.943. The molecule has 1 atom stereocenters. The van der Waals surface area contributed by atoms with Crippen molar-refractivity contribution in [3.8, 4) is 5.75 Å². The lowest BCUT2D eigenvalue weighted by molar-refractivity contribution is -0.134. The number of carbonyl (C=O) groups is 1. The summed E-state index contributed by atoms with van der Waals surface area (Å²) in [5.41, 5.74) is 1.03. The van der Waals surface area contributed by atoms with Crippen LogP contribution in [0.3, 0.4) is 0 Å². The number of benzene rings is 1. The highest BCUT2D eigenvalue weighted by molar-refractivity contribution is 5.78. The zero-order valence-electron chi connectivity index (χ0n) is 13.1. The number of hydrogen-bond donors (Lipinski definition) is 1. The third-order valence-electron chi connectivity index (χ3n) is 4.06. The summed E-state index contributed by atoms with van der Waals surface area (Å²) >= 11 is 0. The lowest BCUT2D eigenvalue weighted by atomic mass is 9.97. The van der Waals surface area contributed by atoms with E-state index in [0.717, 1.165) is 30.9 Å². The van der Waals surface area contributed by atoms with Crippen LogP contribution in [0.25, 0.3) is 0 Å². The molecule has 0 radical (unpaired) electrons. The maximum atomic E-state index is 12.8. The highest BCUT2D eigenvalue weighted by Crippen LogP contribution is 2.25. The van der Waals surface area contributed by atoms with Crippen molar-refractivity contribution in [3.63, 3.8) is 0 Å². The zero-order chi connectivity index (χ0) is 16.2. The van der Waals surface area contributed by atoms with Gasteiger partial charge >= 0.3 is 0 Å². The maximum Gasteiger partial charge on any atom is 0.260 e. The molecule has 1 amide bonds. The van der Waals surface area contributed by atoms with Crippen LogP contribution in [0.1, 0.15) is 30.3 Å². The predicted molar refractivity (Wildman–Crippen MR) is 83.8 cm³/mol. The number of nitrogens with zero attached hydrogens (tertiary/aromatic N) is 2. The number of aromatic amines is 1. The topological polar surface area (TPSA) is 58.2 Å². The highest BCUT2D eigenvalue weighted by atomic mass is 19.1. The third-order valence-corrected chi connectivity index (χ3v) is 4.06. The molecule has 1 aliphatic rings. The molecule has 0 saturated carbocycles. The number of aryl methyl sites for hydroxylation is 1. The van der Waals surface area contributed by atoms with Crippen LogP contribution in [0.2, 0.25) is 0 Å². The maximum absolute atomic E-state index is 12.8. The second-order valence-electron chi connectivity index (χ2n) is 5.87. The van der Waals surface area contributed by atoms with Crippen LogP contribution >= 0.6 is 0 Å². The fourth-order valence-corrected chi connectivity index (χ4v) is 2.83. The largest absolute Gasteiger partial charge is 0.484 e. The number of carbonyl (C=O) groups excluding carboxylic acids is 1. The van der Waals surface area contributed by atoms with Gasteiger partial charge in [-0.15, -0.1) is 0 Å². The Balaban J connectivity index is 1.55. The minimum absolute atomic E-state index is 0.0322. The summed E-state index contributed by atoms with van der Waals surface area (Å²) in [7, 11) is 0. The van der Waals surface area contributed by atoms with Gasteiger partial charge in [-0.3, -0.25) is 4.79 Å². The van der Waals surface area contributed by atoms with E-state index in [4.69, 9.17) is 4.74 Å². The van der Waals surface area contributed by atoms with Crippen molar-refractivity contribution in [2.45, 2.75) is 25.7 Å². The first-order chi connectivity index (χ1) is 11.1. The Hall–Kier alpha value is -2.37. The molecule has 1 fully saturated rings. The number of H-pyrrole nitrogens is 1. The van der Waals surface area contributed by atoms with E-state index in [1.807, 2.05) is 18.0 Å². The Kier molecular flexibility index (Phi) is 4.60. The van der Waals surface area contributed by atoms with Gasteiger partial charge in [0.05, 0.1) is 0 Å². The van der Waals surface area contributed by atoms with E-state index in [0.29, 0.717) is 12.3 Å². The molecule has 2 heterocycles. The van der Waals surface area contributed by atoms with E-state index >= 15 is 0 Å². The van der Waals surface area contributed by atoms with Crippen LogP contribution in [-0.4, -0.2) is 40.5 Å². The standard InChI is InChI=1S/C17H20FN3O2/c1-12-9-19-17(20-12)13-3-2-8-21(10-13)16(22)11-23-15-6-4-14(18)5-7-15/h4-7,9,13H,2-3,8,10-11H2,1H3,(H,19,20)/t13-/m0/s1. The van der Waals surface area contributed by atoms with Crippen LogP contribution in [0.5, 0.6) is 5.75 Å². The van der Waals surface area contributed by atoms with Gasteiger partial charge in [0.2, 0.25) is 0 Å². The smallest absolute Gasteiger partial charge is 0.260 e. The molecule has 1 aromatic carbocycles. The second kappa shape index (κ2) is 6.81. The van der Waals surface area contributed by atoms with Gasteiger partial charge in [-0.05, 0) is 44.0 Å². The summed E-state index contributed by atoms with van der Waals surface area (Å²) in [5.74, 6) is 1.31. The summed E-state index contributed by atoms with van der Waals surface area (Å²) in [6.45, 7) is 3.33. The van der Waals surface area contributed by atoms with Crippen molar-refractivity contribution < 1.29 is 13.9 Å². The molecule has 2 aromatic rings. The Morgan fingerprint density at radius 3 is 2.91 bits per heavy atom. The molecular weight excluding hydrogens is 297 g/mol. The molecule has 0 aliphatic carbocycles. The van der Waals surface area contributed by atoms with Crippen molar-refractivity contribution in [3.05, 3.63) is 47.8 Å². The van der Waals surface area contributed by atoms with Gasteiger partial charge in [-0.1, -0.05) is 0 Å². The summed E-state index contributed by atoms with van der Waals surface area (Å²) in [4.78, 5) is 21.8. The van der Waals surface area contributed by atoms with E-state index in [1.165, 1.54) is 24.3 Å². The van der Waals surface area contributed by atoms with Crippen molar-refractivity contribution in [1.82, 2.24) is 14.9 Å². The average Bonchev–Trinajstić information content (AvgIpc) is 3.01. The van der Waals surface area contributed by atoms with Gasteiger partial charge in [0.1, 0.15) is 17.4 Å². The molecule has 5 nitrogen and oxygen atoms in total. The SMILES string of the molecule is Cc1cnc([C@H]2CCCN(C(=O)COc3ccc(F)cc3)C2)[nH]1. The van der Waals surface area contributed by atoms with E-state index < -0.39 is 0 Å². The van der Waals surface area contributed by atoms with Crippen molar-refractivity contribution in [1.29, 1.82) is 0 Å². The van der Waals surface area contributed by atoms with E-state index in [9.17, 15) is 9.18 Å². The molecule has 0 spiro atoms. The van der Waals surface area contributed by atoms with Gasteiger partial charge < -0.3 is 14.6 Å². The van der Waals surface area contributed by atoms with Gasteiger partial charge in [0.15, 0.2) is 6.61 Å². The number of halogens is 1. The number of hydrogen-bond acceptors (Lipinski definition) is 3. The van der Waals surface area contributed by atoms with Crippen LogP contribution < -0.4 is 4.74 Å². The van der Waals surface area contributed by atoms with Gasteiger partial charge in [0.25, 0.3) is 5.91 Å². The Morgan fingerprint density at radius 1 is 1.43 bits per heavy atom. The van der Waals surface area contributed by atoms with E-state index in [2.05, 4.69) is 9.97 Å². The molecule has 23 heavy (non-hydrogen) atoms. The molecule has 3 rings (SSSR count). The first-order valence-corrected chi connectivity index (χ1v) is 7.79. The molecule has 122 valence electrons. The Morgan fingerprint density at radius 2 is 2.22 bits per heavy atom. The molecule has 1 aliphatic heterocycles. The monoisotopic (exact) mass is 317 g/mol. The molecule has 6 heteroatoms. The molecule has 1 saturated heterocycles. The Bertz CT molecular complexity index is 669. The lowest BCUT2D eigenvalue weighted by Crippen LogP contribution is -2.41. The number of ether oxygens (including phenoxy) is 1. The molecule has 1 aromatic heterocycles. The summed E-state index contributed by atoms with van der Waals surface area (Å²) in [6, 6.07) is 5.67. The van der Waals surface area contributed by atoms with Crippen LogP contribution in [0.15, 0.2) is 30.5 Å². The number of nitrogens with one attached hydrogen (secondary N) is 1. The fraction of sp³-hybridized carbons (Fsp3) is 0.412. The van der Waals surface area contributed by atoms with Crippen molar-refractivity contribution >= 4 is 5.91 Å². The number of imidazole rings is 1. The van der Waals surface area contributed by atoms with Gasteiger partial charge in [-0.25, -0.2) is 9.37 Å². The number of rotatable bonds is 4. The first kappa shape index (κ1) is 15.5. The van der Waals surface area contributed by atoms with Crippen LogP contribution in [0.4, 0.5) is 4.39 Å². The first-order valence-electron chi connectivity index (χ1n) is 7.79. The Labute approximate surface area is 134 Å². The normalized spacial score (nSPS) is 18.0. The fourth-order valence-electron chi connectivity index (χ4n) is 2.83. The third kappa shape index (κ3) is 3.88. The van der Waals surface area contributed by atoms with Crippen molar-refractivity contribution in [2.75, 3.05) is 19.7 Å². The minimum Gasteiger partial charge on any atom is -0.484 e. The molecule has 1 N–H and O–H groups in total. The van der Waals surface area contributed by atoms with Gasteiger partial charge in [0, 0.05) is 30.9 Å². The second-order valence-corrected chi connectivity index (χ2v) is 5.87. The lowest BCUT2D eigenvalue weighted by Gasteiger charge is -2.31. The number of amides is 1. The summed E-state index contributed by atoms with van der Waals surface area (Å²) in [5, 5.41) is 0. The summed E-state index contributed by atoms with van der Waals surface area (Å²) in [6.07, 6.45) is 3.79. The highest BCUT2D eigenvalue weighted by Gasteiger charge is 2.26.